The molecule has 0 aromatic carbocycles. The summed E-state index contributed by atoms with van der Waals surface area (Å²) in [5.74, 6) is 0. The normalized spacial score (nSPS) is 11.8. The molecule has 5 heterocycles. The lowest BCUT2D eigenvalue weighted by Crippen LogP contribution is -2.50. The summed E-state index contributed by atoms with van der Waals surface area (Å²) in [5, 5.41) is 0. The minimum atomic E-state index is -2.85. The standard InChI is InChI=1S/C16H31N3O7Si.2C15H29N3O7Si.C14H27N3O7Si.C12H23N3O6Si/c1-5-23-12-11-19-15(21)17-14(20)18(16(19)22)10-9-13-27(24-6-2,25-7-3)26-8-4;1-5-23-26(24-6-2,25-7-3)12-8-9-17-13(19)16-14(20)18(15(17)21)10-11-22-4;1-5-22-12-18-14(20)16-13(19)17(15(18)21)10-9-11-26(23-6-2,24-7-3)25-8-4;1-5-22-25(23-6-2,24-7-3)10-8-9-16-12(18)15-13(19)17(11-21-4)14(16)20;1-4-19-22(20-5-2,21-6-3)9-7-8-15-11(17)13-10(16)14-12(15)18/h5-13H2,1-4H3,(H,17,20,21);2*5-12H2,1-4H3,(H,16,19,20);5-11H2,1-4H3,(H,15,18,19);4-9H2,1-3H3,(H2,13,14,16,17,18). The Morgan fingerprint density at radius 2 is 0.397 bits per heavy atom. The molecule has 0 amide bonds. The van der Waals surface area contributed by atoms with Crippen molar-refractivity contribution in [2.24, 2.45) is 0 Å². The Hall–Kier alpha value is -7.63. The molecule has 0 radical (unpaired) electrons. The third kappa shape index (κ3) is 39.0. The second-order valence-corrected chi connectivity index (χ2v) is 39.5. The van der Waals surface area contributed by atoms with Gasteiger partial charge in [-0.1, -0.05) is 0 Å². The van der Waals surface area contributed by atoms with E-state index in [1.807, 2.05) is 121 Å². The highest BCUT2D eigenvalue weighted by Crippen LogP contribution is 2.23. The van der Waals surface area contributed by atoms with Gasteiger partial charge in [0.2, 0.25) is 0 Å². The van der Waals surface area contributed by atoms with Crippen molar-refractivity contribution in [2.45, 2.75) is 239 Å². The number of ether oxygens (including phenoxy) is 4. The van der Waals surface area contributed by atoms with Crippen molar-refractivity contribution in [3.63, 3.8) is 0 Å². The molecule has 0 aliphatic heterocycles. The van der Waals surface area contributed by atoms with Crippen LogP contribution in [0.2, 0.25) is 30.2 Å². The Kier molecular flexibility index (Phi) is 59.3. The number of nitrogens with zero attached hydrogens (tertiary/aromatic N) is 9. The molecule has 0 spiro atoms. The van der Waals surface area contributed by atoms with Crippen molar-refractivity contribution in [1.29, 1.82) is 0 Å². The molecule has 0 unspecified atom stereocenters. The summed E-state index contributed by atoms with van der Waals surface area (Å²) in [6, 6.07) is 2.32. The summed E-state index contributed by atoms with van der Waals surface area (Å²) >= 11 is 0. The summed E-state index contributed by atoms with van der Waals surface area (Å²) in [6.45, 7) is 39.8. The van der Waals surface area contributed by atoms with Crippen molar-refractivity contribution in [1.82, 2.24) is 71.0 Å². The number of hydrogen-bond acceptors (Lipinski definition) is 34. The van der Waals surface area contributed by atoms with Crippen molar-refractivity contribution in [3.05, 3.63) is 157 Å². The average molecular weight is 1900 g/mol. The van der Waals surface area contributed by atoms with Gasteiger partial charge < -0.3 is 85.3 Å². The molecule has 0 aliphatic rings. The summed E-state index contributed by atoms with van der Waals surface area (Å²) < 4.78 is 115. The number of H-pyrrole nitrogens is 6. The topological polar surface area (TPSA) is 571 Å². The molecule has 5 rings (SSSR count). The predicted molar refractivity (Wildman–Crippen MR) is 472 cm³/mol. The molecule has 0 aliphatic carbocycles. The Morgan fingerprint density at radius 3 is 0.611 bits per heavy atom. The highest BCUT2D eigenvalue weighted by Gasteiger charge is 2.44. The predicted octanol–water partition coefficient (Wildman–Crippen LogP) is -0.509. The van der Waals surface area contributed by atoms with E-state index in [0.29, 0.717) is 175 Å². The van der Waals surface area contributed by atoms with Gasteiger partial charge in [0.05, 0.1) is 26.3 Å². The van der Waals surface area contributed by atoms with Gasteiger partial charge in [-0.2, -0.15) is 0 Å². The van der Waals surface area contributed by atoms with Crippen LogP contribution in [0.1, 0.15) is 150 Å². The van der Waals surface area contributed by atoms with E-state index >= 15 is 0 Å². The lowest BCUT2D eigenvalue weighted by molar-refractivity contribution is 0.0694. The van der Waals surface area contributed by atoms with Crippen LogP contribution in [0.15, 0.2) is 71.9 Å². The van der Waals surface area contributed by atoms with Crippen molar-refractivity contribution in [2.75, 3.05) is 140 Å². The van der Waals surface area contributed by atoms with E-state index in [2.05, 4.69) is 19.9 Å². The smallest absolute Gasteiger partial charge is 0.383 e. The summed E-state index contributed by atoms with van der Waals surface area (Å²) in [6.07, 6.45) is 2.21. The Morgan fingerprint density at radius 1 is 0.206 bits per heavy atom. The molecular weight excluding hydrogens is 1760 g/mol. The van der Waals surface area contributed by atoms with E-state index in [1.165, 1.54) is 14.2 Å². The van der Waals surface area contributed by atoms with Gasteiger partial charge in [0.1, 0.15) is 13.5 Å². The van der Waals surface area contributed by atoms with Crippen LogP contribution in [0.25, 0.3) is 0 Å². The molecule has 49 nitrogen and oxygen atoms in total. The molecule has 5 aromatic heterocycles. The molecule has 0 bridgehead atoms. The second-order valence-electron chi connectivity index (χ2n) is 25.8. The first kappa shape index (κ1) is 116. The van der Waals surface area contributed by atoms with Crippen molar-refractivity contribution < 1.29 is 85.3 Å². The summed E-state index contributed by atoms with van der Waals surface area (Å²) in [4.78, 5) is 191. The van der Waals surface area contributed by atoms with Crippen molar-refractivity contribution >= 4 is 44.0 Å². The lowest BCUT2D eigenvalue weighted by atomic mass is 10.5. The SMILES string of the molecule is CCOCCn1c(=O)[nH]c(=O)n(CCC[Si](OCC)(OCC)OCC)c1=O.CCOCn1c(=O)[nH]c(=O)n(CCC[Si](OCC)(OCC)OCC)c1=O.CCO[Si](CCCn1c(=O)[nH]c(=O)[nH]c1=O)(OCC)OCC.CCO[Si](CCCn1c(=O)[nH]c(=O)n(CCOC)c1=O)(OCC)OCC.CCO[Si](CCCn1c(=O)[nH]c(=O)n(COC)c1=O)(OCC)OCC. The number of methoxy groups -OCH3 is 2. The fourth-order valence-corrected chi connectivity index (χ4v) is 25.3. The number of aromatic nitrogens is 15. The van der Waals surface area contributed by atoms with Crippen molar-refractivity contribution in [3.8, 4) is 0 Å². The number of aromatic amines is 6. The molecular formula is C72H139N15O34Si5. The van der Waals surface area contributed by atoms with Crippen LogP contribution in [0.3, 0.4) is 0 Å². The van der Waals surface area contributed by atoms with E-state index in [0.717, 1.165) is 41.1 Å². The van der Waals surface area contributed by atoms with Gasteiger partial charge in [0, 0.05) is 189 Å². The molecule has 54 heteroatoms. The summed E-state index contributed by atoms with van der Waals surface area (Å²) in [5.41, 5.74) is -11.0. The molecule has 6 N–H and O–H groups in total. The van der Waals surface area contributed by atoms with Crippen LogP contribution in [0.4, 0.5) is 0 Å². The zero-order valence-corrected chi connectivity index (χ0v) is 81.8. The molecule has 5 aromatic rings. The maximum absolute atomic E-state index is 12.5. The van der Waals surface area contributed by atoms with Gasteiger partial charge in [-0.25, -0.2) is 113 Å². The lowest BCUT2D eigenvalue weighted by Gasteiger charge is -2.28. The summed E-state index contributed by atoms with van der Waals surface area (Å²) in [7, 11) is -11.4. The molecule has 726 valence electrons. The van der Waals surface area contributed by atoms with E-state index in [4.69, 9.17) is 85.3 Å². The van der Waals surface area contributed by atoms with Crippen LogP contribution in [-0.2, 0) is 145 Å². The zero-order valence-electron chi connectivity index (χ0n) is 76.8. The Labute approximate surface area is 733 Å². The van der Waals surface area contributed by atoms with Crippen LogP contribution in [0, 0.1) is 0 Å². The third-order valence-corrected chi connectivity index (χ3v) is 33.0. The maximum Gasteiger partial charge on any atom is 0.500 e. The number of nitrogens with one attached hydrogen (secondary N) is 6. The fourth-order valence-electron chi connectivity index (χ4n) is 12.3. The van der Waals surface area contributed by atoms with Gasteiger partial charge in [-0.05, 0) is 150 Å². The van der Waals surface area contributed by atoms with Crippen LogP contribution in [-0.4, -0.2) is 255 Å². The Bertz CT molecular complexity index is 4610. The quantitative estimate of drug-likeness (QED) is 0.0211. The fraction of sp³-hybridized carbons (Fsp3) is 0.792. The minimum absolute atomic E-state index is 0.0699. The van der Waals surface area contributed by atoms with E-state index in [9.17, 15) is 71.9 Å². The number of hydrogen-bond donors (Lipinski definition) is 6. The van der Waals surface area contributed by atoms with Gasteiger partial charge in [0.15, 0.2) is 0 Å². The first-order valence-electron chi connectivity index (χ1n) is 42.7. The van der Waals surface area contributed by atoms with Gasteiger partial charge in [0.25, 0.3) is 0 Å². The molecule has 0 saturated carbocycles. The van der Waals surface area contributed by atoms with E-state index in [-0.39, 0.29) is 72.5 Å². The minimum Gasteiger partial charge on any atom is -0.383 e. The highest BCUT2D eigenvalue weighted by molar-refractivity contribution is 6.62. The van der Waals surface area contributed by atoms with Crippen LogP contribution in [0.5, 0.6) is 0 Å². The maximum atomic E-state index is 12.5. The molecule has 126 heavy (non-hydrogen) atoms. The van der Waals surface area contributed by atoms with Crippen LogP contribution >= 0.6 is 0 Å². The molecule has 0 atom stereocenters. The van der Waals surface area contributed by atoms with Crippen LogP contribution < -0.4 is 85.3 Å². The number of rotatable bonds is 62. The van der Waals surface area contributed by atoms with Gasteiger partial charge in [-0.3, -0.25) is 29.9 Å². The largest absolute Gasteiger partial charge is 0.500 e. The monoisotopic (exact) mass is 1900 g/mol. The van der Waals surface area contributed by atoms with E-state index in [1.54, 1.807) is 6.92 Å². The van der Waals surface area contributed by atoms with Gasteiger partial charge in [-0.15, -0.1) is 0 Å². The first-order chi connectivity index (χ1) is 60.2. The first-order valence-corrected chi connectivity index (χ1v) is 52.3. The molecule has 0 saturated heterocycles. The zero-order chi connectivity index (χ0) is 94.9. The molecule has 0 fully saturated rings. The van der Waals surface area contributed by atoms with E-state index < -0.39 is 129 Å². The second kappa shape index (κ2) is 64.2. The van der Waals surface area contributed by atoms with Gasteiger partial charge >= 0.3 is 129 Å². The average Bonchev–Trinajstić information content (AvgIpc) is 0.819. The third-order valence-electron chi connectivity index (χ3n) is 17.2. The highest BCUT2D eigenvalue weighted by atomic mass is 28.4. The Balaban J connectivity index is 0.000000789.